The highest BCUT2D eigenvalue weighted by molar-refractivity contribution is 5.97. The van der Waals surface area contributed by atoms with Crippen LogP contribution in [0, 0.1) is 6.42 Å². The average molecular weight is 94.1 g/mol. The van der Waals surface area contributed by atoms with Crippen LogP contribution >= 0.6 is 0 Å². The molecule has 0 unspecified atom stereocenters. The van der Waals surface area contributed by atoms with Gasteiger partial charge < -0.3 is 0 Å². The van der Waals surface area contributed by atoms with Gasteiger partial charge in [-0.1, -0.05) is 6.08 Å². The monoisotopic (exact) mass is 94.1 g/mol. The summed E-state index contributed by atoms with van der Waals surface area (Å²) >= 11 is 0. The molecule has 0 saturated heterocycles. The Hall–Kier alpha value is -0.590. The van der Waals surface area contributed by atoms with Gasteiger partial charge in [0.15, 0.2) is 0 Å². The Kier molecular flexibility index (Phi) is 1.25. The van der Waals surface area contributed by atoms with Gasteiger partial charge in [-0.05, 0) is 0 Å². The minimum Gasteiger partial charge on any atom is -0.293 e. The van der Waals surface area contributed by atoms with Gasteiger partial charge in [-0.2, -0.15) is 0 Å². The highest BCUT2D eigenvalue weighted by atomic mass is 14.8. The third kappa shape index (κ3) is 0.889. The number of aliphatic imine (C=N–C) groups is 1. The average Bonchev–Trinajstić information content (AvgIpc) is 1.55. The van der Waals surface area contributed by atoms with Crippen LogP contribution in [-0.2, 0) is 0 Å². The Morgan fingerprint density at radius 3 is 2.86 bits per heavy atom. The van der Waals surface area contributed by atoms with Gasteiger partial charge >= 0.3 is 0 Å². The molecule has 0 N–H and O–H groups in total. The zero-order valence-electron chi connectivity index (χ0n) is 4.22. The maximum atomic E-state index is 4.05. The van der Waals surface area contributed by atoms with Gasteiger partial charge in [0.05, 0.1) is 0 Å². The first-order valence-corrected chi connectivity index (χ1v) is 2.41. The summed E-state index contributed by atoms with van der Waals surface area (Å²) in [5, 5.41) is 0. The van der Waals surface area contributed by atoms with Crippen molar-refractivity contribution >= 4 is 5.71 Å². The summed E-state index contributed by atoms with van der Waals surface area (Å²) in [5.41, 5.74) is 1.19. The van der Waals surface area contributed by atoms with Crippen LogP contribution < -0.4 is 0 Å². The quantitative estimate of drug-likeness (QED) is 0.456. The van der Waals surface area contributed by atoms with Gasteiger partial charge in [0.2, 0.25) is 0 Å². The summed E-state index contributed by atoms with van der Waals surface area (Å²) in [7, 11) is 0. The summed E-state index contributed by atoms with van der Waals surface area (Å²) in [6, 6.07) is 0. The van der Waals surface area contributed by atoms with Crippen LogP contribution in [0.2, 0.25) is 0 Å². The molecule has 1 aliphatic rings. The molecule has 0 aromatic rings. The lowest BCUT2D eigenvalue weighted by atomic mass is 10.1. The van der Waals surface area contributed by atoms with Crippen molar-refractivity contribution in [3.8, 4) is 0 Å². The predicted molar refractivity (Wildman–Crippen MR) is 31.4 cm³/mol. The van der Waals surface area contributed by atoms with E-state index in [1.165, 1.54) is 5.71 Å². The first-order chi connectivity index (χ1) is 3.43. The largest absolute Gasteiger partial charge is 0.293 e. The second-order valence-corrected chi connectivity index (χ2v) is 1.53. The predicted octanol–water partition coefficient (Wildman–Crippen LogP) is 1.22. The van der Waals surface area contributed by atoms with E-state index in [9.17, 15) is 0 Å². The zero-order chi connectivity index (χ0) is 5.11. The standard InChI is InChI=1S/C6H8N/c1-2-3-6-4-5-7-6/h2,4H,1,3,5H2. The highest BCUT2D eigenvalue weighted by Crippen LogP contribution is 2.02. The lowest BCUT2D eigenvalue weighted by molar-refractivity contribution is 1.08. The maximum absolute atomic E-state index is 4.05. The number of hydrogen-bond donors (Lipinski definition) is 0. The lowest BCUT2D eigenvalue weighted by Crippen LogP contribution is -2.10. The van der Waals surface area contributed by atoms with E-state index < -0.39 is 0 Å². The minimum atomic E-state index is 0.920. The minimum absolute atomic E-state index is 0.920. The molecule has 0 aromatic carbocycles. The fraction of sp³-hybridized carbons (Fsp3) is 0.333. The first kappa shape index (κ1) is 4.57. The molecule has 1 heterocycles. The van der Waals surface area contributed by atoms with Crippen molar-refractivity contribution in [1.29, 1.82) is 0 Å². The molecule has 1 nitrogen and oxygen atoms in total. The fourth-order valence-electron chi connectivity index (χ4n) is 0.516. The maximum Gasteiger partial charge on any atom is 0.0476 e. The summed E-state index contributed by atoms with van der Waals surface area (Å²) in [4.78, 5) is 4.05. The van der Waals surface area contributed by atoms with Gasteiger partial charge in [0, 0.05) is 25.1 Å². The van der Waals surface area contributed by atoms with E-state index in [0.717, 1.165) is 13.0 Å². The molecule has 1 rings (SSSR count). The van der Waals surface area contributed by atoms with Gasteiger partial charge in [-0.3, -0.25) is 4.99 Å². The molecule has 0 aliphatic carbocycles. The van der Waals surface area contributed by atoms with Gasteiger partial charge in [-0.25, -0.2) is 0 Å². The van der Waals surface area contributed by atoms with Crippen LogP contribution in [0.25, 0.3) is 0 Å². The van der Waals surface area contributed by atoms with Crippen molar-refractivity contribution in [3.05, 3.63) is 19.1 Å². The highest BCUT2D eigenvalue weighted by Gasteiger charge is 2.03. The molecule has 0 fully saturated rings. The molecule has 0 spiro atoms. The van der Waals surface area contributed by atoms with E-state index in [2.05, 4.69) is 18.0 Å². The smallest absolute Gasteiger partial charge is 0.0476 e. The summed E-state index contributed by atoms with van der Waals surface area (Å²) in [5.74, 6) is 0. The van der Waals surface area contributed by atoms with E-state index in [1.54, 1.807) is 0 Å². The Morgan fingerprint density at radius 2 is 2.71 bits per heavy atom. The van der Waals surface area contributed by atoms with Crippen LogP contribution in [0.15, 0.2) is 17.6 Å². The topological polar surface area (TPSA) is 12.4 Å². The van der Waals surface area contributed by atoms with E-state index in [-0.39, 0.29) is 0 Å². The zero-order valence-corrected chi connectivity index (χ0v) is 4.22. The van der Waals surface area contributed by atoms with Gasteiger partial charge in [0.1, 0.15) is 0 Å². The molecule has 1 aliphatic heterocycles. The van der Waals surface area contributed by atoms with Gasteiger partial charge in [-0.15, -0.1) is 6.58 Å². The van der Waals surface area contributed by atoms with E-state index in [1.807, 2.05) is 6.08 Å². The number of hydrogen-bond acceptors (Lipinski definition) is 1. The second-order valence-electron chi connectivity index (χ2n) is 1.53. The Morgan fingerprint density at radius 1 is 2.00 bits per heavy atom. The van der Waals surface area contributed by atoms with Crippen molar-refractivity contribution in [3.63, 3.8) is 0 Å². The number of allylic oxidation sites excluding steroid dienone is 1. The SMILES string of the molecule is C=CCC1=NC[CH]1. The van der Waals surface area contributed by atoms with Crippen molar-refractivity contribution in [2.45, 2.75) is 6.42 Å². The summed E-state index contributed by atoms with van der Waals surface area (Å²) in [6.45, 7) is 4.50. The van der Waals surface area contributed by atoms with Crippen LogP contribution in [0.3, 0.4) is 0 Å². The molecule has 7 heavy (non-hydrogen) atoms. The van der Waals surface area contributed by atoms with Gasteiger partial charge in [0.25, 0.3) is 0 Å². The molecule has 1 heteroatoms. The third-order valence-electron chi connectivity index (χ3n) is 0.975. The number of rotatable bonds is 2. The molecular formula is C6H8N. The Balaban J connectivity index is 2.27. The van der Waals surface area contributed by atoms with Crippen LogP contribution in [-0.4, -0.2) is 12.3 Å². The van der Waals surface area contributed by atoms with Crippen LogP contribution in [0.5, 0.6) is 0 Å². The van der Waals surface area contributed by atoms with Crippen molar-refractivity contribution in [1.82, 2.24) is 0 Å². The number of nitrogens with zero attached hydrogens (tertiary/aromatic N) is 1. The van der Waals surface area contributed by atoms with Crippen LogP contribution in [0.1, 0.15) is 6.42 Å². The Bertz CT molecular complexity index is 103. The summed E-state index contributed by atoms with van der Waals surface area (Å²) in [6.07, 6.45) is 4.93. The molecular weight excluding hydrogens is 86.1 g/mol. The van der Waals surface area contributed by atoms with E-state index in [4.69, 9.17) is 0 Å². The fourth-order valence-corrected chi connectivity index (χ4v) is 0.516. The second kappa shape index (κ2) is 1.92. The normalized spacial score (nSPS) is 17.4. The van der Waals surface area contributed by atoms with Crippen LogP contribution in [0.4, 0.5) is 0 Å². The first-order valence-electron chi connectivity index (χ1n) is 2.41. The van der Waals surface area contributed by atoms with Crippen molar-refractivity contribution in [2.75, 3.05) is 6.54 Å². The molecule has 0 aromatic heterocycles. The molecule has 37 valence electrons. The molecule has 0 bridgehead atoms. The summed E-state index contributed by atoms with van der Waals surface area (Å²) < 4.78 is 0. The molecule has 1 radical (unpaired) electrons. The third-order valence-corrected chi connectivity index (χ3v) is 0.975. The molecule has 0 saturated carbocycles. The van der Waals surface area contributed by atoms with E-state index >= 15 is 0 Å². The molecule has 0 atom stereocenters. The van der Waals surface area contributed by atoms with Crippen molar-refractivity contribution in [2.24, 2.45) is 4.99 Å². The molecule has 0 amide bonds. The van der Waals surface area contributed by atoms with E-state index in [0.29, 0.717) is 0 Å². The van der Waals surface area contributed by atoms with Crippen molar-refractivity contribution < 1.29 is 0 Å². The lowest BCUT2D eigenvalue weighted by Gasteiger charge is -2.08. The Labute approximate surface area is 43.8 Å².